The molecule has 0 radical (unpaired) electrons. The summed E-state index contributed by atoms with van der Waals surface area (Å²) in [7, 11) is -0.380. The Kier molecular flexibility index (Phi) is 14.7. The minimum atomic E-state index is -0.380. The van der Waals surface area contributed by atoms with Crippen LogP contribution in [0.4, 0.5) is 17.1 Å². The molecule has 0 atom stereocenters. The maximum Gasteiger partial charge on any atom is 0.494 e. The molecule has 1 aromatic heterocycles. The lowest BCUT2D eigenvalue weighted by Gasteiger charge is -2.32. The van der Waals surface area contributed by atoms with Crippen LogP contribution in [0.25, 0.3) is 10.1 Å². The lowest BCUT2D eigenvalue weighted by Crippen LogP contribution is -2.41. The summed E-state index contributed by atoms with van der Waals surface area (Å²) in [5, 5.41) is 3.47. The Morgan fingerprint density at radius 2 is 1.21 bits per heavy atom. The first kappa shape index (κ1) is 37.6. The van der Waals surface area contributed by atoms with E-state index in [2.05, 4.69) is 148 Å². The molecular formula is C42H52BNO2S. The molecular weight excluding hydrogens is 593 g/mol. The number of anilines is 3. The van der Waals surface area contributed by atoms with E-state index in [-0.39, 0.29) is 18.3 Å². The topological polar surface area (TPSA) is 21.7 Å². The molecule has 1 aliphatic heterocycles. The molecule has 0 unspecified atom stereocenters. The lowest BCUT2D eigenvalue weighted by atomic mass is 9.79. The minimum absolute atomic E-state index is 0.359. The van der Waals surface area contributed by atoms with Gasteiger partial charge in [-0.25, -0.2) is 0 Å². The Morgan fingerprint density at radius 3 is 1.81 bits per heavy atom. The van der Waals surface area contributed by atoms with Crippen LogP contribution < -0.4 is 10.4 Å². The summed E-state index contributed by atoms with van der Waals surface area (Å²) in [6.07, 6.45) is 9.00. The fourth-order valence-electron chi connectivity index (χ4n) is 4.86. The van der Waals surface area contributed by atoms with Crippen LogP contribution in [0.15, 0.2) is 139 Å². The van der Waals surface area contributed by atoms with Gasteiger partial charge in [0.25, 0.3) is 0 Å². The number of nitrogens with zero attached hydrogens (tertiary/aromatic N) is 1. The molecule has 5 heteroatoms. The normalized spacial score (nSPS) is 14.5. The Balaban J connectivity index is 0.000000288. The van der Waals surface area contributed by atoms with E-state index < -0.39 is 0 Å². The van der Waals surface area contributed by atoms with Crippen molar-refractivity contribution in [2.45, 2.75) is 79.9 Å². The number of benzene rings is 4. The first-order valence-electron chi connectivity index (χ1n) is 16.7. The van der Waals surface area contributed by atoms with Gasteiger partial charge in [-0.2, -0.15) is 0 Å². The van der Waals surface area contributed by atoms with Crippen molar-refractivity contribution in [3.8, 4) is 0 Å². The number of para-hydroxylation sites is 1. The molecule has 6 rings (SSSR count). The quantitative estimate of drug-likeness (QED) is 0.135. The van der Waals surface area contributed by atoms with Gasteiger partial charge in [0.2, 0.25) is 0 Å². The van der Waals surface area contributed by atoms with Gasteiger partial charge in [-0.1, -0.05) is 106 Å². The molecule has 0 spiro atoms. The second-order valence-electron chi connectivity index (χ2n) is 11.9. The first-order chi connectivity index (χ1) is 22.7. The largest absolute Gasteiger partial charge is 0.494 e. The third-order valence-electron chi connectivity index (χ3n) is 8.10. The number of allylic oxidation sites excluding steroid dienone is 4. The molecule has 246 valence electrons. The zero-order valence-electron chi connectivity index (χ0n) is 29.7. The molecule has 1 aliphatic rings. The number of rotatable bonds is 6. The highest BCUT2D eigenvalue weighted by molar-refractivity contribution is 7.17. The molecule has 5 aromatic rings. The second-order valence-corrected chi connectivity index (χ2v) is 12.8. The summed E-state index contributed by atoms with van der Waals surface area (Å²) in [5.41, 5.74) is 4.98. The highest BCUT2D eigenvalue weighted by atomic mass is 32.1. The van der Waals surface area contributed by atoms with Crippen LogP contribution in [-0.4, -0.2) is 18.3 Å². The molecule has 0 amide bonds. The number of hydrogen-bond acceptors (Lipinski definition) is 4. The molecule has 0 aliphatic carbocycles. The van der Waals surface area contributed by atoms with Gasteiger partial charge in [-0.05, 0) is 118 Å². The monoisotopic (exact) mass is 645 g/mol. The van der Waals surface area contributed by atoms with Crippen LogP contribution in [-0.2, 0) is 15.7 Å². The number of aryl methyl sites for hydroxylation is 1. The van der Waals surface area contributed by atoms with E-state index in [0.29, 0.717) is 0 Å². The van der Waals surface area contributed by atoms with Crippen molar-refractivity contribution in [2.75, 3.05) is 4.90 Å². The zero-order chi connectivity index (χ0) is 34.3. The summed E-state index contributed by atoms with van der Waals surface area (Å²) in [4.78, 5) is 2.29. The number of hydrogen-bond donors (Lipinski definition) is 0. The molecule has 1 fully saturated rings. The smallest absolute Gasteiger partial charge is 0.399 e. The van der Waals surface area contributed by atoms with Crippen LogP contribution in [0.1, 0.15) is 67.9 Å². The fraction of sp³-hybridized carbons (Fsp3) is 0.286. The molecule has 47 heavy (non-hydrogen) atoms. The third-order valence-corrected chi connectivity index (χ3v) is 9.00. The van der Waals surface area contributed by atoms with Crippen molar-refractivity contribution in [3.05, 3.63) is 144 Å². The van der Waals surface area contributed by atoms with Gasteiger partial charge in [-0.15, -0.1) is 11.3 Å². The highest BCUT2D eigenvalue weighted by Crippen LogP contribution is 2.38. The Hall–Kier alpha value is -3.90. The Labute approximate surface area is 288 Å². The molecule has 2 heterocycles. The van der Waals surface area contributed by atoms with Gasteiger partial charge >= 0.3 is 7.12 Å². The summed E-state index contributed by atoms with van der Waals surface area (Å²) in [6.45, 7) is 18.5. The summed E-state index contributed by atoms with van der Waals surface area (Å²) in [6, 6.07) is 38.2. The SMILES string of the molecule is C/C=C\C=C/C.CC.CCc1cccc(N(c2ccccc2)c2cccc(B3OC(C)(C)C(C)(C)O3)c2)c1.c1ccc2sccc2c1. The number of thiophene rings is 1. The highest BCUT2D eigenvalue weighted by Gasteiger charge is 2.51. The first-order valence-corrected chi connectivity index (χ1v) is 17.6. The molecule has 0 bridgehead atoms. The van der Waals surface area contributed by atoms with Crippen molar-refractivity contribution < 1.29 is 9.31 Å². The van der Waals surface area contributed by atoms with Crippen molar-refractivity contribution in [2.24, 2.45) is 0 Å². The van der Waals surface area contributed by atoms with Gasteiger partial charge in [-0.3, -0.25) is 0 Å². The van der Waals surface area contributed by atoms with Crippen molar-refractivity contribution >= 4 is 51.1 Å². The van der Waals surface area contributed by atoms with E-state index in [1.54, 1.807) is 11.3 Å². The van der Waals surface area contributed by atoms with Gasteiger partial charge in [0.15, 0.2) is 0 Å². The van der Waals surface area contributed by atoms with Gasteiger partial charge in [0, 0.05) is 21.8 Å². The average Bonchev–Trinajstić information content (AvgIpc) is 3.67. The third kappa shape index (κ3) is 10.3. The lowest BCUT2D eigenvalue weighted by molar-refractivity contribution is 0.00578. The van der Waals surface area contributed by atoms with E-state index in [9.17, 15) is 0 Å². The maximum absolute atomic E-state index is 6.29. The van der Waals surface area contributed by atoms with Crippen molar-refractivity contribution in [3.63, 3.8) is 0 Å². The van der Waals surface area contributed by atoms with E-state index >= 15 is 0 Å². The molecule has 3 nitrogen and oxygen atoms in total. The molecule has 4 aromatic carbocycles. The van der Waals surface area contributed by atoms with Crippen LogP contribution in [0, 0.1) is 0 Å². The summed E-state index contributed by atoms with van der Waals surface area (Å²) < 4.78 is 14.0. The maximum atomic E-state index is 6.29. The van der Waals surface area contributed by atoms with E-state index in [0.717, 1.165) is 28.9 Å². The molecule has 0 saturated carbocycles. The van der Waals surface area contributed by atoms with E-state index in [1.165, 1.54) is 15.6 Å². The minimum Gasteiger partial charge on any atom is -0.399 e. The van der Waals surface area contributed by atoms with Gasteiger partial charge in [0.1, 0.15) is 0 Å². The fourth-order valence-corrected chi connectivity index (χ4v) is 5.65. The second kappa shape index (κ2) is 18.4. The van der Waals surface area contributed by atoms with Crippen LogP contribution >= 0.6 is 11.3 Å². The van der Waals surface area contributed by atoms with Crippen molar-refractivity contribution in [1.29, 1.82) is 0 Å². The summed E-state index contributed by atoms with van der Waals surface area (Å²) >= 11 is 1.79. The van der Waals surface area contributed by atoms with Gasteiger partial charge < -0.3 is 14.2 Å². The van der Waals surface area contributed by atoms with E-state index in [1.807, 2.05) is 58.1 Å². The van der Waals surface area contributed by atoms with Crippen LogP contribution in [0.3, 0.4) is 0 Å². The van der Waals surface area contributed by atoms with Crippen LogP contribution in [0.2, 0.25) is 0 Å². The Morgan fingerprint density at radius 1 is 0.660 bits per heavy atom. The van der Waals surface area contributed by atoms with Crippen molar-refractivity contribution in [1.82, 2.24) is 0 Å². The molecule has 0 N–H and O–H groups in total. The van der Waals surface area contributed by atoms with E-state index in [4.69, 9.17) is 9.31 Å². The molecule has 1 saturated heterocycles. The predicted octanol–water partition coefficient (Wildman–Crippen LogP) is 12.1. The van der Waals surface area contributed by atoms with Gasteiger partial charge in [0.05, 0.1) is 11.2 Å². The van der Waals surface area contributed by atoms with Crippen LogP contribution in [0.5, 0.6) is 0 Å². The zero-order valence-corrected chi connectivity index (χ0v) is 30.6. The standard InChI is InChI=1S/C26H30BNO2.C8H6S.C6H10.C2H6/c1-6-20-12-10-16-23(18-20)28(22-14-8-7-9-15-22)24-17-11-13-21(19-24)27-29-25(2,3)26(4,5)30-27;1-2-4-8-7(3-1)5-6-9-8;1-3-5-6-4-2;1-2/h7-19H,6H2,1-5H3;1-6H;3-6H,1-2H3;1-2H3/b;;5-3-,6-4-;. The predicted molar refractivity (Wildman–Crippen MR) is 209 cm³/mol. The average molecular weight is 646 g/mol. The summed E-state index contributed by atoms with van der Waals surface area (Å²) in [5.74, 6) is 0. The Bertz CT molecular complexity index is 1630. The number of fused-ring (bicyclic) bond motifs is 1.